The van der Waals surface area contributed by atoms with Crippen molar-refractivity contribution in [1.29, 1.82) is 0 Å². The molecule has 39 heavy (non-hydrogen) atoms. The van der Waals surface area contributed by atoms with Crippen LogP contribution in [0.25, 0.3) is 6.08 Å². The molecule has 0 saturated carbocycles. The molecule has 1 fully saturated rings. The number of amides is 1. The van der Waals surface area contributed by atoms with E-state index in [0.29, 0.717) is 43.0 Å². The second-order valence-corrected chi connectivity index (χ2v) is 10.3. The lowest BCUT2D eigenvalue weighted by Gasteiger charge is -2.15. The Morgan fingerprint density at radius 2 is 1.56 bits per heavy atom. The van der Waals surface area contributed by atoms with Gasteiger partial charge >= 0.3 is 0 Å². The van der Waals surface area contributed by atoms with Crippen molar-refractivity contribution < 1.29 is 18.7 Å². The largest absolute Gasteiger partial charge is 0.493 e. The summed E-state index contributed by atoms with van der Waals surface area (Å²) in [5.41, 5.74) is 2.89. The van der Waals surface area contributed by atoms with E-state index >= 15 is 0 Å². The average Bonchev–Trinajstić information content (AvgIpc) is 3.24. The van der Waals surface area contributed by atoms with Gasteiger partial charge in [0.15, 0.2) is 16.7 Å². The number of ether oxygens (including phenoxy) is 2. The summed E-state index contributed by atoms with van der Waals surface area (Å²) in [5.74, 6) is 0.517. The molecule has 0 atom stereocenters. The van der Waals surface area contributed by atoms with Crippen molar-refractivity contribution in [1.82, 2.24) is 0 Å². The Bertz CT molecular complexity index is 1560. The van der Waals surface area contributed by atoms with E-state index in [1.165, 1.54) is 23.9 Å². The maximum atomic E-state index is 13.6. The molecular weight excluding hydrogens is 558 g/mol. The van der Waals surface area contributed by atoms with Crippen LogP contribution in [0.2, 0.25) is 10.0 Å². The maximum Gasteiger partial charge on any atom is 0.271 e. The summed E-state index contributed by atoms with van der Waals surface area (Å²) in [5, 5.41) is 1.67. The van der Waals surface area contributed by atoms with Gasteiger partial charge in [0.1, 0.15) is 12.4 Å². The Labute approximate surface area is 239 Å². The Morgan fingerprint density at radius 3 is 2.23 bits per heavy atom. The third-order valence-electron chi connectivity index (χ3n) is 5.74. The summed E-state index contributed by atoms with van der Waals surface area (Å²) >= 11 is 13.4. The molecule has 0 aliphatic carbocycles. The van der Waals surface area contributed by atoms with Gasteiger partial charge in [-0.15, -0.1) is 0 Å². The minimum atomic E-state index is -0.302. The molecule has 196 valence electrons. The number of carbonyl (C=O) groups is 1. The Hall–Kier alpha value is -3.78. The van der Waals surface area contributed by atoms with Crippen molar-refractivity contribution in [2.45, 2.75) is 6.61 Å². The van der Waals surface area contributed by atoms with Crippen LogP contribution in [-0.2, 0) is 11.4 Å². The number of rotatable bonds is 7. The van der Waals surface area contributed by atoms with Crippen molar-refractivity contribution in [3.05, 3.63) is 123 Å². The summed E-state index contributed by atoms with van der Waals surface area (Å²) in [6, 6.07) is 25.6. The smallest absolute Gasteiger partial charge is 0.271 e. The zero-order chi connectivity index (χ0) is 27.4. The number of halogens is 3. The topological polar surface area (TPSA) is 51.1 Å². The molecule has 0 radical (unpaired) electrons. The second-order valence-electron chi connectivity index (χ2n) is 8.42. The van der Waals surface area contributed by atoms with E-state index in [1.807, 2.05) is 6.07 Å². The predicted molar refractivity (Wildman–Crippen MR) is 157 cm³/mol. The lowest BCUT2D eigenvalue weighted by atomic mass is 10.1. The minimum Gasteiger partial charge on any atom is -0.493 e. The van der Waals surface area contributed by atoms with Crippen LogP contribution in [-0.4, -0.2) is 18.2 Å². The number of amidine groups is 1. The number of benzene rings is 4. The Balaban J connectivity index is 1.43. The first-order valence-corrected chi connectivity index (χ1v) is 13.4. The normalized spacial score (nSPS) is 15.3. The third kappa shape index (κ3) is 6.45. The third-order valence-corrected chi connectivity index (χ3v) is 7.21. The fraction of sp³-hybridized carbons (Fsp3) is 0.0667. The van der Waals surface area contributed by atoms with Gasteiger partial charge in [-0.1, -0.05) is 41.4 Å². The van der Waals surface area contributed by atoms with Gasteiger partial charge in [0, 0.05) is 10.0 Å². The van der Waals surface area contributed by atoms with E-state index in [0.717, 1.165) is 11.1 Å². The zero-order valence-corrected chi connectivity index (χ0v) is 22.9. The first-order chi connectivity index (χ1) is 18.9. The van der Waals surface area contributed by atoms with Crippen molar-refractivity contribution >= 4 is 63.5 Å². The molecule has 5 nitrogen and oxygen atoms in total. The first kappa shape index (κ1) is 26.8. The summed E-state index contributed by atoms with van der Waals surface area (Å²) < 4.78 is 24.6. The van der Waals surface area contributed by atoms with Gasteiger partial charge < -0.3 is 9.47 Å². The first-order valence-electron chi connectivity index (χ1n) is 11.8. The summed E-state index contributed by atoms with van der Waals surface area (Å²) in [7, 11) is 1.55. The molecule has 1 saturated heterocycles. The highest BCUT2D eigenvalue weighted by molar-refractivity contribution is 8.19. The van der Waals surface area contributed by atoms with E-state index in [-0.39, 0.29) is 18.3 Å². The predicted octanol–water partition coefficient (Wildman–Crippen LogP) is 8.53. The maximum absolute atomic E-state index is 13.6. The fourth-order valence-electron chi connectivity index (χ4n) is 3.78. The van der Waals surface area contributed by atoms with Crippen LogP contribution in [0.4, 0.5) is 15.8 Å². The molecule has 1 heterocycles. The van der Waals surface area contributed by atoms with Gasteiger partial charge in [-0.2, -0.15) is 0 Å². The van der Waals surface area contributed by atoms with Crippen LogP contribution >= 0.6 is 35.0 Å². The summed E-state index contributed by atoms with van der Waals surface area (Å²) in [4.78, 5) is 20.3. The molecule has 5 rings (SSSR count). The Morgan fingerprint density at radius 1 is 0.897 bits per heavy atom. The molecule has 0 aromatic heterocycles. The SMILES string of the molecule is COc1cc(/C=C2\SC(=Nc3ccc(Cl)cc3)N(c3ccc(Cl)cc3)C2=O)ccc1OCc1ccc(F)cc1. The van der Waals surface area contributed by atoms with Crippen LogP contribution < -0.4 is 14.4 Å². The van der Waals surface area contributed by atoms with Gasteiger partial charge in [0.25, 0.3) is 5.91 Å². The molecule has 9 heteroatoms. The van der Waals surface area contributed by atoms with Gasteiger partial charge in [0.05, 0.1) is 23.4 Å². The lowest BCUT2D eigenvalue weighted by molar-refractivity contribution is -0.113. The highest BCUT2D eigenvalue weighted by Crippen LogP contribution is 2.39. The van der Waals surface area contributed by atoms with E-state index in [4.69, 9.17) is 37.7 Å². The number of hydrogen-bond donors (Lipinski definition) is 0. The zero-order valence-electron chi connectivity index (χ0n) is 20.6. The summed E-state index contributed by atoms with van der Waals surface area (Å²) in [6.07, 6.45) is 1.78. The number of thioether (sulfide) groups is 1. The highest BCUT2D eigenvalue weighted by Gasteiger charge is 2.34. The summed E-state index contributed by atoms with van der Waals surface area (Å²) in [6.45, 7) is 0.256. The molecule has 4 aromatic rings. The minimum absolute atomic E-state index is 0.217. The van der Waals surface area contributed by atoms with E-state index in [2.05, 4.69) is 0 Å². The van der Waals surface area contributed by atoms with E-state index < -0.39 is 0 Å². The van der Waals surface area contributed by atoms with Gasteiger partial charge in [-0.3, -0.25) is 9.69 Å². The molecule has 0 unspecified atom stereocenters. The van der Waals surface area contributed by atoms with Crippen molar-refractivity contribution in [3.63, 3.8) is 0 Å². The number of aliphatic imine (C=N–C) groups is 1. The van der Waals surface area contributed by atoms with Crippen LogP contribution in [0.5, 0.6) is 11.5 Å². The van der Waals surface area contributed by atoms with Gasteiger partial charge in [-0.25, -0.2) is 9.38 Å². The van der Waals surface area contributed by atoms with Gasteiger partial charge in [-0.05, 0) is 102 Å². The standard InChI is InChI=1S/C30H21Cl2FN2O3S/c1-37-27-16-20(4-15-26(27)38-18-19-2-9-23(33)10-3-19)17-28-29(36)35(25-13-7-22(32)8-14-25)30(39-28)34-24-11-5-21(31)6-12-24/h2-17H,18H2,1H3/b28-17-,34-30?. The molecule has 0 N–H and O–H groups in total. The van der Waals surface area contributed by atoms with Gasteiger partial charge in [0.2, 0.25) is 0 Å². The Kier molecular flexibility index (Phi) is 8.21. The van der Waals surface area contributed by atoms with Crippen molar-refractivity contribution in [3.8, 4) is 11.5 Å². The van der Waals surface area contributed by atoms with E-state index in [1.54, 1.807) is 90.9 Å². The number of nitrogens with zero attached hydrogens (tertiary/aromatic N) is 2. The van der Waals surface area contributed by atoms with Crippen LogP contribution in [0.15, 0.2) is 101 Å². The number of carbonyl (C=O) groups excluding carboxylic acids is 1. The average molecular weight is 579 g/mol. The fourth-order valence-corrected chi connectivity index (χ4v) is 5.03. The molecule has 1 aliphatic heterocycles. The monoisotopic (exact) mass is 578 g/mol. The molecule has 1 aliphatic rings. The van der Waals surface area contributed by atoms with Crippen LogP contribution in [0.1, 0.15) is 11.1 Å². The number of methoxy groups -OCH3 is 1. The number of anilines is 1. The lowest BCUT2D eigenvalue weighted by Crippen LogP contribution is -2.28. The molecule has 0 spiro atoms. The molecule has 1 amide bonds. The van der Waals surface area contributed by atoms with Crippen molar-refractivity contribution in [2.24, 2.45) is 4.99 Å². The van der Waals surface area contributed by atoms with Crippen molar-refractivity contribution in [2.75, 3.05) is 12.0 Å². The molecule has 0 bridgehead atoms. The second kappa shape index (κ2) is 11.9. The van der Waals surface area contributed by atoms with Crippen LogP contribution in [0, 0.1) is 5.82 Å². The highest BCUT2D eigenvalue weighted by atomic mass is 35.5. The molecular formula is C30H21Cl2FN2O3S. The molecule has 4 aromatic carbocycles. The van der Waals surface area contributed by atoms with E-state index in [9.17, 15) is 9.18 Å². The quantitative estimate of drug-likeness (QED) is 0.206. The number of hydrogen-bond acceptors (Lipinski definition) is 5. The van der Waals surface area contributed by atoms with Crippen LogP contribution in [0.3, 0.4) is 0 Å².